The van der Waals surface area contributed by atoms with Crippen LogP contribution in [-0.2, 0) is 0 Å². The van der Waals surface area contributed by atoms with Crippen LogP contribution in [0.15, 0.2) is 30.3 Å². The molecule has 2 rings (SSSR count). The molecule has 1 aromatic rings. The maximum Gasteiger partial charge on any atom is 0.0558 e. The summed E-state index contributed by atoms with van der Waals surface area (Å²) in [6.45, 7) is 3.33. The van der Waals surface area contributed by atoms with Gasteiger partial charge in [0, 0.05) is 13.1 Å². The first kappa shape index (κ1) is 9.69. The van der Waals surface area contributed by atoms with Crippen LogP contribution in [0.2, 0.25) is 0 Å². The number of aliphatic hydroxyl groups is 1. The lowest BCUT2D eigenvalue weighted by molar-refractivity contribution is 0.220. The summed E-state index contributed by atoms with van der Waals surface area (Å²) in [6, 6.07) is 10.7. The maximum absolute atomic E-state index is 8.84. The molecule has 0 aliphatic carbocycles. The Hall–Kier alpha value is -0.860. The first-order chi connectivity index (χ1) is 6.90. The van der Waals surface area contributed by atoms with E-state index >= 15 is 0 Å². The molecule has 1 atom stereocenters. The minimum Gasteiger partial charge on any atom is -0.395 e. The number of hydrogen-bond acceptors (Lipinski definition) is 2. The second kappa shape index (κ2) is 4.58. The molecule has 1 aliphatic heterocycles. The molecule has 76 valence electrons. The SMILES string of the molecule is OCCN1CCC(c2ccccc2)C1. The fraction of sp³-hybridized carbons (Fsp3) is 0.500. The number of benzene rings is 1. The molecule has 1 aliphatic rings. The quantitative estimate of drug-likeness (QED) is 0.782. The molecule has 0 spiro atoms. The fourth-order valence-electron chi connectivity index (χ4n) is 2.17. The Kier molecular flexibility index (Phi) is 3.17. The van der Waals surface area contributed by atoms with Gasteiger partial charge in [-0.05, 0) is 24.4 Å². The van der Waals surface area contributed by atoms with E-state index in [0.29, 0.717) is 5.92 Å². The third-order valence-electron chi connectivity index (χ3n) is 2.96. The topological polar surface area (TPSA) is 23.5 Å². The highest BCUT2D eigenvalue weighted by Crippen LogP contribution is 2.26. The zero-order valence-corrected chi connectivity index (χ0v) is 8.39. The van der Waals surface area contributed by atoms with Crippen LogP contribution in [0.5, 0.6) is 0 Å². The molecule has 14 heavy (non-hydrogen) atoms. The summed E-state index contributed by atoms with van der Waals surface area (Å²) in [5, 5.41) is 8.84. The molecule has 1 fully saturated rings. The van der Waals surface area contributed by atoms with Crippen LogP contribution in [-0.4, -0.2) is 36.2 Å². The highest BCUT2D eigenvalue weighted by atomic mass is 16.3. The van der Waals surface area contributed by atoms with Gasteiger partial charge in [0.1, 0.15) is 0 Å². The number of nitrogens with zero attached hydrogens (tertiary/aromatic N) is 1. The average Bonchev–Trinajstić information content (AvgIpc) is 2.68. The molecule has 1 aromatic carbocycles. The molecule has 0 amide bonds. The van der Waals surface area contributed by atoms with E-state index in [1.54, 1.807) is 0 Å². The molecule has 0 radical (unpaired) electrons. The summed E-state index contributed by atoms with van der Waals surface area (Å²) < 4.78 is 0. The van der Waals surface area contributed by atoms with Crippen molar-refractivity contribution in [1.29, 1.82) is 0 Å². The van der Waals surface area contributed by atoms with Crippen LogP contribution in [0, 0.1) is 0 Å². The Balaban J connectivity index is 1.96. The van der Waals surface area contributed by atoms with Gasteiger partial charge in [-0.3, -0.25) is 0 Å². The number of β-amino-alcohol motifs (C(OH)–C–C–N with tert-alkyl or cyclic N) is 1. The molecule has 0 bridgehead atoms. The van der Waals surface area contributed by atoms with E-state index in [9.17, 15) is 0 Å². The molecule has 1 heterocycles. The van der Waals surface area contributed by atoms with Crippen molar-refractivity contribution in [2.24, 2.45) is 0 Å². The molecular weight excluding hydrogens is 174 g/mol. The monoisotopic (exact) mass is 191 g/mol. The van der Waals surface area contributed by atoms with Gasteiger partial charge in [-0.25, -0.2) is 0 Å². The van der Waals surface area contributed by atoms with Crippen molar-refractivity contribution in [3.8, 4) is 0 Å². The highest BCUT2D eigenvalue weighted by Gasteiger charge is 2.22. The van der Waals surface area contributed by atoms with Gasteiger partial charge in [0.2, 0.25) is 0 Å². The molecule has 2 heteroatoms. The predicted octanol–water partition coefficient (Wildman–Crippen LogP) is 1.47. The minimum absolute atomic E-state index is 0.279. The summed E-state index contributed by atoms with van der Waals surface area (Å²) in [6.07, 6.45) is 1.23. The van der Waals surface area contributed by atoms with Gasteiger partial charge in [0.25, 0.3) is 0 Å². The average molecular weight is 191 g/mol. The Bertz CT molecular complexity index is 273. The lowest BCUT2D eigenvalue weighted by atomic mass is 9.99. The van der Waals surface area contributed by atoms with Crippen LogP contribution in [0.3, 0.4) is 0 Å². The maximum atomic E-state index is 8.84. The van der Waals surface area contributed by atoms with Crippen LogP contribution >= 0.6 is 0 Å². The fourth-order valence-corrected chi connectivity index (χ4v) is 2.17. The molecule has 1 N–H and O–H groups in total. The van der Waals surface area contributed by atoms with Crippen molar-refractivity contribution < 1.29 is 5.11 Å². The number of likely N-dealkylation sites (tertiary alicyclic amines) is 1. The Labute approximate surface area is 85.2 Å². The van der Waals surface area contributed by atoms with Crippen LogP contribution in [0.25, 0.3) is 0 Å². The summed E-state index contributed by atoms with van der Waals surface area (Å²) in [7, 11) is 0. The van der Waals surface area contributed by atoms with E-state index in [-0.39, 0.29) is 6.61 Å². The van der Waals surface area contributed by atoms with Crippen molar-refractivity contribution in [1.82, 2.24) is 4.90 Å². The zero-order valence-electron chi connectivity index (χ0n) is 8.39. The molecule has 0 saturated carbocycles. The van der Waals surface area contributed by atoms with Gasteiger partial charge >= 0.3 is 0 Å². The molecule has 1 saturated heterocycles. The predicted molar refractivity (Wildman–Crippen MR) is 57.3 cm³/mol. The molecular formula is C12H17NO. The zero-order chi connectivity index (χ0) is 9.80. The lowest BCUT2D eigenvalue weighted by Gasteiger charge is -2.14. The van der Waals surface area contributed by atoms with E-state index in [1.165, 1.54) is 12.0 Å². The minimum atomic E-state index is 0.279. The molecule has 0 aromatic heterocycles. The third-order valence-corrected chi connectivity index (χ3v) is 2.96. The molecule has 1 unspecified atom stereocenters. The summed E-state index contributed by atoms with van der Waals surface area (Å²) >= 11 is 0. The Morgan fingerprint density at radius 3 is 2.79 bits per heavy atom. The van der Waals surface area contributed by atoms with Gasteiger partial charge < -0.3 is 10.0 Å². The van der Waals surface area contributed by atoms with Crippen molar-refractivity contribution in [2.45, 2.75) is 12.3 Å². The summed E-state index contributed by atoms with van der Waals surface area (Å²) in [5.41, 5.74) is 1.44. The number of aliphatic hydroxyl groups excluding tert-OH is 1. The highest BCUT2D eigenvalue weighted by molar-refractivity contribution is 5.20. The standard InChI is InChI=1S/C12H17NO/c14-9-8-13-7-6-12(10-13)11-4-2-1-3-5-11/h1-5,12,14H,6-10H2. The Morgan fingerprint density at radius 2 is 2.07 bits per heavy atom. The van der Waals surface area contributed by atoms with E-state index in [2.05, 4.69) is 35.2 Å². The van der Waals surface area contributed by atoms with E-state index < -0.39 is 0 Å². The summed E-state index contributed by atoms with van der Waals surface area (Å²) in [4.78, 5) is 2.33. The van der Waals surface area contributed by atoms with Crippen LogP contribution < -0.4 is 0 Å². The van der Waals surface area contributed by atoms with E-state index in [4.69, 9.17) is 5.11 Å². The van der Waals surface area contributed by atoms with Crippen molar-refractivity contribution in [3.05, 3.63) is 35.9 Å². The normalized spacial score (nSPS) is 22.8. The second-order valence-corrected chi connectivity index (χ2v) is 3.92. The van der Waals surface area contributed by atoms with Gasteiger partial charge in [0.15, 0.2) is 0 Å². The van der Waals surface area contributed by atoms with Crippen molar-refractivity contribution >= 4 is 0 Å². The largest absolute Gasteiger partial charge is 0.395 e. The van der Waals surface area contributed by atoms with E-state index in [0.717, 1.165) is 19.6 Å². The van der Waals surface area contributed by atoms with Gasteiger partial charge in [-0.15, -0.1) is 0 Å². The van der Waals surface area contributed by atoms with Gasteiger partial charge in [-0.1, -0.05) is 30.3 Å². The van der Waals surface area contributed by atoms with Crippen LogP contribution in [0.4, 0.5) is 0 Å². The van der Waals surface area contributed by atoms with Gasteiger partial charge in [0.05, 0.1) is 6.61 Å². The third kappa shape index (κ3) is 2.14. The number of rotatable bonds is 3. The van der Waals surface area contributed by atoms with Gasteiger partial charge in [-0.2, -0.15) is 0 Å². The summed E-state index contributed by atoms with van der Waals surface area (Å²) in [5.74, 6) is 0.669. The van der Waals surface area contributed by atoms with Crippen LogP contribution in [0.1, 0.15) is 17.9 Å². The lowest BCUT2D eigenvalue weighted by Crippen LogP contribution is -2.23. The Morgan fingerprint density at radius 1 is 1.29 bits per heavy atom. The second-order valence-electron chi connectivity index (χ2n) is 3.92. The first-order valence-electron chi connectivity index (χ1n) is 5.28. The van der Waals surface area contributed by atoms with Crippen molar-refractivity contribution in [3.63, 3.8) is 0 Å². The molecule has 2 nitrogen and oxygen atoms in total. The number of hydrogen-bond donors (Lipinski definition) is 1. The first-order valence-corrected chi connectivity index (χ1v) is 5.28. The smallest absolute Gasteiger partial charge is 0.0558 e. The van der Waals surface area contributed by atoms with Crippen molar-refractivity contribution in [2.75, 3.05) is 26.2 Å². The van der Waals surface area contributed by atoms with E-state index in [1.807, 2.05) is 0 Å².